The molecule has 0 unspecified atom stereocenters. The maximum atomic E-state index is 11.1. The number of hydrogen-bond acceptors (Lipinski definition) is 5. The van der Waals surface area contributed by atoms with Gasteiger partial charge < -0.3 is 19.3 Å². The largest absolute Gasteiger partial charge is 0.482 e. The first kappa shape index (κ1) is 17.1. The Bertz CT molecular complexity index is 959. The smallest absolute Gasteiger partial charge is 0.317 e. The highest BCUT2D eigenvalue weighted by molar-refractivity contribution is 5.92. The van der Waals surface area contributed by atoms with Crippen molar-refractivity contribution < 1.29 is 24.1 Å². The molecule has 0 aromatic heterocycles. The van der Waals surface area contributed by atoms with Crippen LogP contribution in [0.25, 0.3) is 11.6 Å². The number of carboxylic acid groups (broad SMARTS) is 1. The molecule has 0 saturated carbocycles. The highest BCUT2D eigenvalue weighted by atomic mass is 16.7. The van der Waals surface area contributed by atoms with Crippen LogP contribution in [0.3, 0.4) is 0 Å². The molecule has 3 aliphatic heterocycles. The number of ether oxygens (including phenoxy) is 3. The molecule has 3 aliphatic rings. The van der Waals surface area contributed by atoms with E-state index < -0.39 is 11.6 Å². The molecule has 0 bridgehead atoms. The molecule has 6 heteroatoms. The summed E-state index contributed by atoms with van der Waals surface area (Å²) < 4.78 is 17.9. The van der Waals surface area contributed by atoms with E-state index in [0.29, 0.717) is 25.9 Å². The lowest BCUT2D eigenvalue weighted by molar-refractivity contribution is -0.139. The number of nitrogens with zero attached hydrogens (tertiary/aromatic N) is 1. The van der Waals surface area contributed by atoms with Gasteiger partial charge in [-0.25, -0.2) is 0 Å². The van der Waals surface area contributed by atoms with Crippen LogP contribution < -0.4 is 14.2 Å². The first-order valence-corrected chi connectivity index (χ1v) is 9.48. The summed E-state index contributed by atoms with van der Waals surface area (Å²) in [4.78, 5) is 13.1. The predicted octanol–water partition coefficient (Wildman–Crippen LogP) is 3.27. The number of fused-ring (bicyclic) bond motifs is 2. The molecule has 1 N–H and O–H groups in total. The summed E-state index contributed by atoms with van der Waals surface area (Å²) in [5.74, 6) is 1.57. The Kier molecular flexibility index (Phi) is 4.02. The van der Waals surface area contributed by atoms with E-state index in [2.05, 4.69) is 6.08 Å². The van der Waals surface area contributed by atoms with Crippen molar-refractivity contribution in [2.24, 2.45) is 0 Å². The number of para-hydroxylation sites is 2. The monoisotopic (exact) mass is 379 g/mol. The second kappa shape index (κ2) is 6.56. The molecule has 0 atom stereocenters. The third kappa shape index (κ3) is 2.81. The molecule has 2 aromatic rings. The van der Waals surface area contributed by atoms with Gasteiger partial charge in [0.25, 0.3) is 0 Å². The summed E-state index contributed by atoms with van der Waals surface area (Å²) in [5, 5.41) is 9.12. The fraction of sp³-hybridized carbons (Fsp3) is 0.318. The minimum absolute atomic E-state index is 0.0589. The minimum atomic E-state index is -0.798. The number of carboxylic acids is 1. The topological polar surface area (TPSA) is 68.2 Å². The number of hydrogen-bond donors (Lipinski definition) is 1. The lowest BCUT2D eigenvalue weighted by Crippen LogP contribution is -2.50. The van der Waals surface area contributed by atoms with E-state index in [0.717, 1.165) is 33.9 Å². The van der Waals surface area contributed by atoms with Crippen molar-refractivity contribution in [3.8, 4) is 17.2 Å². The average Bonchev–Trinajstić information content (AvgIpc) is 3.18. The van der Waals surface area contributed by atoms with Crippen LogP contribution in [0.15, 0.2) is 42.5 Å². The van der Waals surface area contributed by atoms with E-state index in [1.54, 1.807) is 0 Å². The predicted molar refractivity (Wildman–Crippen MR) is 104 cm³/mol. The van der Waals surface area contributed by atoms with Crippen LogP contribution in [0, 0.1) is 0 Å². The Balaban J connectivity index is 1.57. The van der Waals surface area contributed by atoms with Gasteiger partial charge in [-0.05, 0) is 18.2 Å². The van der Waals surface area contributed by atoms with Gasteiger partial charge in [-0.3, -0.25) is 9.69 Å². The zero-order valence-electron chi connectivity index (χ0n) is 15.4. The fourth-order valence-corrected chi connectivity index (χ4v) is 4.35. The molecule has 6 nitrogen and oxygen atoms in total. The van der Waals surface area contributed by atoms with Crippen molar-refractivity contribution >= 4 is 17.6 Å². The highest BCUT2D eigenvalue weighted by Gasteiger charge is 2.44. The molecular formula is C22H21NO5. The SMILES string of the molecule is O=C(O)CN1CCC2(CC1)Oc1ccccc1C=C2c1cccc2c1OCO2. The van der Waals surface area contributed by atoms with Gasteiger partial charge in [0.2, 0.25) is 6.79 Å². The lowest BCUT2D eigenvalue weighted by atomic mass is 9.77. The molecule has 0 aliphatic carbocycles. The van der Waals surface area contributed by atoms with E-state index in [1.165, 1.54) is 0 Å². The molecule has 1 fully saturated rings. The second-order valence-corrected chi connectivity index (χ2v) is 7.40. The standard InChI is InChI=1S/C22H21NO5/c24-20(25)13-23-10-8-22(9-11-23)17(12-15-4-1-2-6-18(15)28-22)16-5-3-7-19-21(16)27-14-26-19/h1-7,12H,8-11,13-14H2,(H,24,25). The van der Waals surface area contributed by atoms with Crippen molar-refractivity contribution in [2.75, 3.05) is 26.4 Å². The Morgan fingerprint density at radius 1 is 1.04 bits per heavy atom. The normalized spacial score (nSPS) is 19.6. The van der Waals surface area contributed by atoms with Gasteiger partial charge in [0.05, 0.1) is 6.54 Å². The number of piperidine rings is 1. The van der Waals surface area contributed by atoms with Gasteiger partial charge >= 0.3 is 5.97 Å². The van der Waals surface area contributed by atoms with Crippen LogP contribution in [0.5, 0.6) is 17.2 Å². The van der Waals surface area contributed by atoms with Crippen LogP contribution >= 0.6 is 0 Å². The van der Waals surface area contributed by atoms with Gasteiger partial charge in [-0.1, -0.05) is 30.3 Å². The van der Waals surface area contributed by atoms with Crippen molar-refractivity contribution in [3.05, 3.63) is 53.6 Å². The summed E-state index contributed by atoms with van der Waals surface area (Å²) >= 11 is 0. The molecule has 28 heavy (non-hydrogen) atoms. The van der Waals surface area contributed by atoms with Crippen molar-refractivity contribution in [1.82, 2.24) is 4.90 Å². The molecule has 1 saturated heterocycles. The number of aliphatic carboxylic acids is 1. The molecule has 144 valence electrons. The third-order valence-corrected chi connectivity index (χ3v) is 5.72. The molecule has 3 heterocycles. The average molecular weight is 379 g/mol. The lowest BCUT2D eigenvalue weighted by Gasteiger charge is -2.45. The maximum Gasteiger partial charge on any atom is 0.317 e. The second-order valence-electron chi connectivity index (χ2n) is 7.40. The third-order valence-electron chi connectivity index (χ3n) is 5.72. The number of benzene rings is 2. The Morgan fingerprint density at radius 2 is 1.82 bits per heavy atom. The molecule has 1 spiro atoms. The van der Waals surface area contributed by atoms with Crippen molar-refractivity contribution in [1.29, 1.82) is 0 Å². The summed E-state index contributed by atoms with van der Waals surface area (Å²) in [6.07, 6.45) is 3.61. The minimum Gasteiger partial charge on any atom is -0.482 e. The van der Waals surface area contributed by atoms with Crippen molar-refractivity contribution in [3.63, 3.8) is 0 Å². The summed E-state index contributed by atoms with van der Waals surface area (Å²) in [6, 6.07) is 13.9. The van der Waals surface area contributed by atoms with E-state index in [-0.39, 0.29) is 13.3 Å². The van der Waals surface area contributed by atoms with E-state index in [9.17, 15) is 4.79 Å². The number of rotatable bonds is 3. The molecular weight excluding hydrogens is 358 g/mol. The molecule has 0 amide bonds. The first-order chi connectivity index (χ1) is 13.6. The summed E-state index contributed by atoms with van der Waals surface area (Å²) in [7, 11) is 0. The van der Waals surface area contributed by atoms with Crippen LogP contribution in [-0.2, 0) is 4.79 Å². The Labute approximate surface area is 162 Å². The van der Waals surface area contributed by atoms with E-state index in [1.807, 2.05) is 47.4 Å². The van der Waals surface area contributed by atoms with Gasteiger partial charge in [0.1, 0.15) is 11.4 Å². The van der Waals surface area contributed by atoms with Crippen LogP contribution in [0.2, 0.25) is 0 Å². The zero-order valence-corrected chi connectivity index (χ0v) is 15.4. The van der Waals surface area contributed by atoms with Gasteiger partial charge in [-0.15, -0.1) is 0 Å². The highest BCUT2D eigenvalue weighted by Crippen LogP contribution is 2.50. The Morgan fingerprint density at radius 3 is 2.64 bits per heavy atom. The molecule has 5 rings (SSSR count). The van der Waals surface area contributed by atoms with Gasteiger partial charge in [0, 0.05) is 42.6 Å². The fourth-order valence-electron chi connectivity index (χ4n) is 4.35. The summed E-state index contributed by atoms with van der Waals surface area (Å²) in [5.41, 5.74) is 2.58. The van der Waals surface area contributed by atoms with E-state index in [4.69, 9.17) is 19.3 Å². The van der Waals surface area contributed by atoms with Gasteiger partial charge in [-0.2, -0.15) is 0 Å². The first-order valence-electron chi connectivity index (χ1n) is 9.48. The van der Waals surface area contributed by atoms with E-state index >= 15 is 0 Å². The number of likely N-dealkylation sites (tertiary alicyclic amines) is 1. The molecule has 2 aromatic carbocycles. The molecule has 0 radical (unpaired) electrons. The quantitative estimate of drug-likeness (QED) is 0.883. The van der Waals surface area contributed by atoms with Gasteiger partial charge in [0.15, 0.2) is 11.5 Å². The summed E-state index contributed by atoms with van der Waals surface area (Å²) in [6.45, 7) is 1.61. The van der Waals surface area contributed by atoms with Crippen LogP contribution in [0.4, 0.5) is 0 Å². The van der Waals surface area contributed by atoms with Crippen LogP contribution in [0.1, 0.15) is 24.0 Å². The Hall–Kier alpha value is -2.99. The number of carbonyl (C=O) groups is 1. The van der Waals surface area contributed by atoms with Crippen molar-refractivity contribution in [2.45, 2.75) is 18.4 Å². The zero-order chi connectivity index (χ0) is 19.1. The maximum absolute atomic E-state index is 11.1. The van der Waals surface area contributed by atoms with Crippen LogP contribution in [-0.4, -0.2) is 48.0 Å².